The fourth-order valence-corrected chi connectivity index (χ4v) is 4.21. The molecule has 1 aliphatic rings. The summed E-state index contributed by atoms with van der Waals surface area (Å²) in [5.74, 6) is -0.355. The summed E-state index contributed by atoms with van der Waals surface area (Å²) >= 11 is 0. The lowest BCUT2D eigenvalue weighted by molar-refractivity contribution is 0.101. The summed E-state index contributed by atoms with van der Waals surface area (Å²) in [5.41, 5.74) is 4.39. The Morgan fingerprint density at radius 2 is 1.90 bits per heavy atom. The monoisotopic (exact) mass is 419 g/mol. The number of nitrogens with one attached hydrogen (secondary N) is 1. The number of Topliss-reactive ketones (excluding diaryl/α,β-unsaturated/α-hetero) is 1. The van der Waals surface area contributed by atoms with Crippen LogP contribution in [0.25, 0.3) is 22.0 Å². The lowest BCUT2D eigenvalue weighted by Gasteiger charge is -2.40. The van der Waals surface area contributed by atoms with Crippen molar-refractivity contribution < 1.29 is 9.18 Å². The van der Waals surface area contributed by atoms with Gasteiger partial charge in [-0.25, -0.2) is 9.37 Å². The molecule has 2 heterocycles. The number of nitrogens with zero attached hydrogens (tertiary/aromatic N) is 2. The minimum absolute atomic E-state index is 0.0780. The standard InChI is InChI=1S/C26H30FN3O/c1-17(31)23-14-22(19-6-8-20(27)9-7-19)21-10-5-18(13-24(21)29-23)15-30-12-11-28-25(16-30)26(2,3)4/h5-10,13-14,25,28H,11-12,15-16H2,1-4H3. The van der Waals surface area contributed by atoms with Crippen LogP contribution in [-0.2, 0) is 6.54 Å². The molecular formula is C26H30FN3O. The van der Waals surface area contributed by atoms with Gasteiger partial charge >= 0.3 is 0 Å². The van der Waals surface area contributed by atoms with E-state index < -0.39 is 0 Å². The first-order valence-electron chi connectivity index (χ1n) is 10.9. The predicted octanol–water partition coefficient (Wildman–Crippen LogP) is 5.06. The molecule has 0 amide bonds. The van der Waals surface area contributed by atoms with E-state index in [0.717, 1.165) is 48.2 Å². The van der Waals surface area contributed by atoms with Crippen molar-refractivity contribution in [2.24, 2.45) is 5.41 Å². The minimum atomic E-state index is -0.277. The van der Waals surface area contributed by atoms with Gasteiger partial charge in [0.25, 0.3) is 0 Å². The molecule has 1 aromatic heterocycles. The van der Waals surface area contributed by atoms with Crippen LogP contribution in [0, 0.1) is 11.2 Å². The van der Waals surface area contributed by atoms with Crippen LogP contribution in [0.4, 0.5) is 4.39 Å². The molecule has 0 radical (unpaired) electrons. The molecular weight excluding hydrogens is 389 g/mol. The van der Waals surface area contributed by atoms with E-state index in [9.17, 15) is 9.18 Å². The summed E-state index contributed by atoms with van der Waals surface area (Å²) in [5, 5.41) is 4.60. The van der Waals surface area contributed by atoms with E-state index in [4.69, 9.17) is 0 Å². The molecule has 1 fully saturated rings. The quantitative estimate of drug-likeness (QED) is 0.600. The fraction of sp³-hybridized carbons (Fsp3) is 0.385. The second-order valence-corrected chi connectivity index (χ2v) is 9.58. The van der Waals surface area contributed by atoms with Crippen molar-refractivity contribution in [1.29, 1.82) is 0 Å². The number of halogens is 1. The molecule has 0 bridgehead atoms. The maximum atomic E-state index is 13.4. The molecule has 2 aromatic carbocycles. The molecule has 162 valence electrons. The van der Waals surface area contributed by atoms with Gasteiger partial charge in [-0.05, 0) is 46.4 Å². The maximum Gasteiger partial charge on any atom is 0.178 e. The number of hydrogen-bond acceptors (Lipinski definition) is 4. The summed E-state index contributed by atoms with van der Waals surface area (Å²) in [6.07, 6.45) is 0. The summed E-state index contributed by atoms with van der Waals surface area (Å²) in [6, 6.07) is 14.9. The van der Waals surface area contributed by atoms with Gasteiger partial charge in [-0.2, -0.15) is 0 Å². The molecule has 1 atom stereocenters. The Balaban J connectivity index is 1.68. The van der Waals surface area contributed by atoms with Gasteiger partial charge < -0.3 is 5.32 Å². The second kappa shape index (κ2) is 8.48. The van der Waals surface area contributed by atoms with Crippen molar-refractivity contribution in [2.75, 3.05) is 19.6 Å². The number of pyridine rings is 1. The third-order valence-corrected chi connectivity index (χ3v) is 6.10. The SMILES string of the molecule is CC(=O)c1cc(-c2ccc(F)cc2)c2ccc(CN3CCNC(C(C)(C)C)C3)cc2n1. The van der Waals surface area contributed by atoms with Crippen LogP contribution < -0.4 is 5.32 Å². The van der Waals surface area contributed by atoms with Crippen molar-refractivity contribution in [3.8, 4) is 11.1 Å². The number of carbonyl (C=O) groups excluding carboxylic acids is 1. The number of benzene rings is 2. The highest BCUT2D eigenvalue weighted by Crippen LogP contribution is 2.30. The minimum Gasteiger partial charge on any atom is -0.311 e. The van der Waals surface area contributed by atoms with E-state index >= 15 is 0 Å². The molecule has 0 saturated carbocycles. The molecule has 4 nitrogen and oxygen atoms in total. The van der Waals surface area contributed by atoms with Crippen LogP contribution in [0.5, 0.6) is 0 Å². The topological polar surface area (TPSA) is 45.2 Å². The Morgan fingerprint density at radius 3 is 2.58 bits per heavy atom. The lowest BCUT2D eigenvalue weighted by atomic mass is 9.85. The fourth-order valence-electron chi connectivity index (χ4n) is 4.21. The average Bonchev–Trinajstić information content (AvgIpc) is 2.73. The van der Waals surface area contributed by atoms with E-state index in [1.165, 1.54) is 24.6 Å². The van der Waals surface area contributed by atoms with Crippen molar-refractivity contribution in [2.45, 2.75) is 40.3 Å². The van der Waals surface area contributed by atoms with Gasteiger partial charge in [0.05, 0.1) is 5.52 Å². The van der Waals surface area contributed by atoms with Crippen molar-refractivity contribution in [3.05, 3.63) is 65.6 Å². The molecule has 1 aliphatic heterocycles. The second-order valence-electron chi connectivity index (χ2n) is 9.58. The van der Waals surface area contributed by atoms with Crippen molar-refractivity contribution >= 4 is 16.7 Å². The normalized spacial score (nSPS) is 17.8. The first kappa shape index (κ1) is 21.6. The first-order chi connectivity index (χ1) is 14.7. The highest BCUT2D eigenvalue weighted by Gasteiger charge is 2.29. The average molecular weight is 420 g/mol. The van der Waals surface area contributed by atoms with E-state index in [2.05, 4.69) is 54.2 Å². The zero-order valence-electron chi connectivity index (χ0n) is 18.7. The molecule has 0 aliphatic carbocycles. The van der Waals surface area contributed by atoms with Gasteiger partial charge in [-0.3, -0.25) is 9.69 Å². The molecule has 1 saturated heterocycles. The van der Waals surface area contributed by atoms with Crippen LogP contribution >= 0.6 is 0 Å². The number of carbonyl (C=O) groups is 1. The van der Waals surface area contributed by atoms with E-state index in [0.29, 0.717) is 11.7 Å². The molecule has 4 rings (SSSR count). The Kier molecular flexibility index (Phi) is 5.91. The zero-order valence-corrected chi connectivity index (χ0v) is 18.7. The lowest BCUT2D eigenvalue weighted by Crippen LogP contribution is -2.55. The number of rotatable bonds is 4. The smallest absolute Gasteiger partial charge is 0.178 e. The highest BCUT2D eigenvalue weighted by atomic mass is 19.1. The molecule has 0 spiro atoms. The Labute approximate surface area is 183 Å². The van der Waals surface area contributed by atoms with Crippen LogP contribution in [0.1, 0.15) is 43.7 Å². The van der Waals surface area contributed by atoms with Gasteiger partial charge in [0, 0.05) is 44.5 Å². The van der Waals surface area contributed by atoms with Crippen molar-refractivity contribution in [1.82, 2.24) is 15.2 Å². The summed E-state index contributed by atoms with van der Waals surface area (Å²) in [4.78, 5) is 19.2. The predicted molar refractivity (Wildman–Crippen MR) is 124 cm³/mol. The van der Waals surface area contributed by atoms with E-state index in [-0.39, 0.29) is 17.0 Å². The van der Waals surface area contributed by atoms with E-state index in [1.807, 2.05) is 6.07 Å². The molecule has 1 N–H and O–H groups in total. The largest absolute Gasteiger partial charge is 0.311 e. The van der Waals surface area contributed by atoms with Crippen LogP contribution in [0.15, 0.2) is 48.5 Å². The summed E-state index contributed by atoms with van der Waals surface area (Å²) < 4.78 is 13.4. The highest BCUT2D eigenvalue weighted by molar-refractivity contribution is 6.01. The Hall–Kier alpha value is -2.63. The van der Waals surface area contributed by atoms with E-state index in [1.54, 1.807) is 12.1 Å². The Bertz CT molecular complexity index is 1100. The van der Waals surface area contributed by atoms with Crippen LogP contribution in [0.2, 0.25) is 0 Å². The Morgan fingerprint density at radius 1 is 1.16 bits per heavy atom. The van der Waals surface area contributed by atoms with Gasteiger partial charge in [0.1, 0.15) is 11.5 Å². The number of ketones is 1. The number of fused-ring (bicyclic) bond motifs is 1. The van der Waals surface area contributed by atoms with Gasteiger partial charge in [0.15, 0.2) is 5.78 Å². The number of aromatic nitrogens is 1. The molecule has 3 aromatic rings. The van der Waals surface area contributed by atoms with Crippen LogP contribution in [-0.4, -0.2) is 41.3 Å². The van der Waals surface area contributed by atoms with Crippen molar-refractivity contribution in [3.63, 3.8) is 0 Å². The molecule has 1 unspecified atom stereocenters. The first-order valence-corrected chi connectivity index (χ1v) is 10.9. The van der Waals surface area contributed by atoms with Gasteiger partial charge in [0.2, 0.25) is 0 Å². The van der Waals surface area contributed by atoms with Crippen LogP contribution in [0.3, 0.4) is 0 Å². The maximum absolute atomic E-state index is 13.4. The zero-order chi connectivity index (χ0) is 22.2. The number of piperazine rings is 1. The molecule has 31 heavy (non-hydrogen) atoms. The summed E-state index contributed by atoms with van der Waals surface area (Å²) in [6.45, 7) is 12.2. The third kappa shape index (κ3) is 4.83. The van der Waals surface area contributed by atoms with Gasteiger partial charge in [-0.1, -0.05) is 45.0 Å². The van der Waals surface area contributed by atoms with Gasteiger partial charge in [-0.15, -0.1) is 0 Å². The third-order valence-electron chi connectivity index (χ3n) is 6.10. The molecule has 5 heteroatoms. The number of hydrogen-bond donors (Lipinski definition) is 1. The summed E-state index contributed by atoms with van der Waals surface area (Å²) in [7, 11) is 0.